The Kier molecular flexibility index (Phi) is 7.11. The minimum atomic E-state index is -0.636. The zero-order chi connectivity index (χ0) is 17.3. The molecule has 2 bridgehead atoms. The number of halogens is 3. The molecule has 3 rings (SSSR count). The molecule has 1 amide bonds. The second kappa shape index (κ2) is 8.69. The molecule has 3 atom stereocenters. The van der Waals surface area contributed by atoms with Gasteiger partial charge in [0.25, 0.3) is 5.91 Å². The maximum absolute atomic E-state index is 13.1. The van der Waals surface area contributed by atoms with Crippen molar-refractivity contribution >= 4 is 34.2 Å². The van der Waals surface area contributed by atoms with Crippen molar-refractivity contribution in [2.45, 2.75) is 57.2 Å². The highest BCUT2D eigenvalue weighted by molar-refractivity contribution is 9.10. The van der Waals surface area contributed by atoms with Gasteiger partial charge in [0.05, 0.1) is 4.47 Å². The Morgan fingerprint density at radius 3 is 2.60 bits per heavy atom. The first-order chi connectivity index (χ1) is 11.4. The largest absolute Gasteiger partial charge is 0.480 e. The quantitative estimate of drug-likeness (QED) is 0.756. The predicted octanol–water partition coefficient (Wildman–Crippen LogP) is 3.80. The second-order valence-electron chi connectivity index (χ2n) is 7.05. The lowest BCUT2D eigenvalue weighted by Crippen LogP contribution is -2.55. The van der Waals surface area contributed by atoms with Crippen molar-refractivity contribution in [1.29, 1.82) is 0 Å². The van der Waals surface area contributed by atoms with E-state index in [-0.39, 0.29) is 36.2 Å². The van der Waals surface area contributed by atoms with Crippen molar-refractivity contribution < 1.29 is 13.9 Å². The predicted molar refractivity (Wildman–Crippen MR) is 101 cm³/mol. The monoisotopic (exact) mass is 434 g/mol. The van der Waals surface area contributed by atoms with Crippen LogP contribution in [0.2, 0.25) is 0 Å². The van der Waals surface area contributed by atoms with Crippen molar-refractivity contribution in [3.8, 4) is 5.75 Å². The highest BCUT2D eigenvalue weighted by atomic mass is 79.9. The van der Waals surface area contributed by atoms with Crippen LogP contribution in [0.15, 0.2) is 22.7 Å². The minimum Gasteiger partial charge on any atom is -0.480 e. The molecule has 0 aromatic heterocycles. The summed E-state index contributed by atoms with van der Waals surface area (Å²) in [6, 6.07) is 4.63. The molecular formula is C18H25BrClFN2O2. The van der Waals surface area contributed by atoms with Gasteiger partial charge in [-0.2, -0.15) is 0 Å². The number of ether oxygens (including phenoxy) is 1. The maximum atomic E-state index is 13.1. The van der Waals surface area contributed by atoms with E-state index < -0.39 is 6.10 Å². The van der Waals surface area contributed by atoms with E-state index in [0.29, 0.717) is 22.1 Å². The lowest BCUT2D eigenvalue weighted by atomic mass is 9.67. The number of amides is 1. The number of nitrogens with one attached hydrogen (secondary N) is 1. The highest BCUT2D eigenvalue weighted by Crippen LogP contribution is 2.39. The van der Waals surface area contributed by atoms with Gasteiger partial charge in [-0.3, -0.25) is 4.79 Å². The molecule has 2 aliphatic rings. The Balaban J connectivity index is 0.00000225. The molecule has 2 saturated carbocycles. The number of hydrogen-bond donors (Lipinski definition) is 2. The Labute approximate surface area is 162 Å². The summed E-state index contributed by atoms with van der Waals surface area (Å²) < 4.78 is 19.3. The third-order valence-electron chi connectivity index (χ3n) is 5.25. The van der Waals surface area contributed by atoms with E-state index in [1.165, 1.54) is 24.6 Å². The zero-order valence-electron chi connectivity index (χ0n) is 14.2. The minimum absolute atomic E-state index is 0. The number of hydrogen-bond acceptors (Lipinski definition) is 3. The van der Waals surface area contributed by atoms with Crippen LogP contribution in [0.25, 0.3) is 0 Å². The van der Waals surface area contributed by atoms with E-state index in [1.807, 2.05) is 0 Å². The molecule has 7 heteroatoms. The van der Waals surface area contributed by atoms with Gasteiger partial charge in [0.1, 0.15) is 11.6 Å². The summed E-state index contributed by atoms with van der Waals surface area (Å²) in [6.45, 7) is 1.72. The normalized spacial score (nSPS) is 29.3. The molecule has 1 aromatic rings. The van der Waals surface area contributed by atoms with Gasteiger partial charge in [-0.1, -0.05) is 6.42 Å². The average Bonchev–Trinajstić information content (AvgIpc) is 2.50. The third kappa shape index (κ3) is 4.86. The summed E-state index contributed by atoms with van der Waals surface area (Å²) >= 11 is 3.26. The first-order valence-electron chi connectivity index (χ1n) is 8.61. The molecule has 2 aliphatic carbocycles. The molecule has 25 heavy (non-hydrogen) atoms. The molecule has 0 heterocycles. The fourth-order valence-electron chi connectivity index (χ4n) is 4.12. The smallest absolute Gasteiger partial charge is 0.261 e. The number of nitrogens with two attached hydrogens (primary N) is 1. The average molecular weight is 436 g/mol. The molecule has 3 unspecified atom stereocenters. The van der Waals surface area contributed by atoms with Gasteiger partial charge in [-0.05, 0) is 78.6 Å². The fourth-order valence-corrected chi connectivity index (χ4v) is 4.57. The van der Waals surface area contributed by atoms with E-state index in [9.17, 15) is 9.18 Å². The van der Waals surface area contributed by atoms with E-state index in [2.05, 4.69) is 21.2 Å². The van der Waals surface area contributed by atoms with Gasteiger partial charge >= 0.3 is 0 Å². The first-order valence-corrected chi connectivity index (χ1v) is 9.41. The Morgan fingerprint density at radius 2 is 2.00 bits per heavy atom. The summed E-state index contributed by atoms with van der Waals surface area (Å²) in [4.78, 5) is 12.5. The Morgan fingerprint density at radius 1 is 1.36 bits per heavy atom. The van der Waals surface area contributed by atoms with Crippen LogP contribution in [-0.2, 0) is 4.79 Å². The van der Waals surface area contributed by atoms with Crippen LogP contribution in [-0.4, -0.2) is 24.1 Å². The Bertz CT molecular complexity index is 605. The van der Waals surface area contributed by atoms with Crippen molar-refractivity contribution in [3.63, 3.8) is 0 Å². The number of rotatable bonds is 4. The lowest BCUT2D eigenvalue weighted by molar-refractivity contribution is -0.129. The van der Waals surface area contributed by atoms with Gasteiger partial charge in [-0.15, -0.1) is 12.4 Å². The molecular weight excluding hydrogens is 411 g/mol. The Hall–Kier alpha value is -0.850. The summed E-state index contributed by atoms with van der Waals surface area (Å²) in [5.74, 6) is 0.939. The van der Waals surface area contributed by atoms with Crippen LogP contribution in [0.5, 0.6) is 5.75 Å². The number of fused-ring (bicyclic) bond motifs is 2. The molecule has 0 radical (unpaired) electrons. The maximum Gasteiger partial charge on any atom is 0.261 e. The summed E-state index contributed by atoms with van der Waals surface area (Å²) in [5.41, 5.74) is 6.14. The third-order valence-corrected chi connectivity index (χ3v) is 5.87. The van der Waals surface area contributed by atoms with Crippen molar-refractivity contribution in [2.24, 2.45) is 17.6 Å². The topological polar surface area (TPSA) is 64.3 Å². The van der Waals surface area contributed by atoms with E-state index in [4.69, 9.17) is 10.5 Å². The van der Waals surface area contributed by atoms with Gasteiger partial charge < -0.3 is 15.8 Å². The van der Waals surface area contributed by atoms with Crippen LogP contribution >= 0.6 is 28.3 Å². The first kappa shape index (κ1) is 20.5. The zero-order valence-corrected chi connectivity index (χ0v) is 16.6. The standard InChI is InChI=1S/C18H24BrFN2O2.ClH/c1-10(24-16-6-5-13(20)9-15(16)19)18(23)22-17-11-3-2-4-12(17)8-14(21)7-11;/h5-6,9-12,14,17H,2-4,7-8,21H2,1H3,(H,22,23);1H. The molecule has 0 saturated heterocycles. The van der Waals surface area contributed by atoms with E-state index in [0.717, 1.165) is 25.7 Å². The van der Waals surface area contributed by atoms with Crippen LogP contribution < -0.4 is 15.8 Å². The van der Waals surface area contributed by atoms with Crippen molar-refractivity contribution in [2.75, 3.05) is 0 Å². The number of carbonyl (C=O) groups excluding carboxylic acids is 1. The van der Waals surface area contributed by atoms with Crippen LogP contribution in [0.3, 0.4) is 0 Å². The summed E-state index contributed by atoms with van der Waals surface area (Å²) in [7, 11) is 0. The number of benzene rings is 1. The fraction of sp³-hybridized carbons (Fsp3) is 0.611. The van der Waals surface area contributed by atoms with Crippen molar-refractivity contribution in [3.05, 3.63) is 28.5 Å². The number of carbonyl (C=O) groups is 1. The van der Waals surface area contributed by atoms with Gasteiger partial charge in [0.2, 0.25) is 0 Å². The summed E-state index contributed by atoms with van der Waals surface area (Å²) in [6.07, 6.45) is 4.83. The molecule has 0 spiro atoms. The highest BCUT2D eigenvalue weighted by Gasteiger charge is 2.40. The molecule has 2 fully saturated rings. The molecule has 140 valence electrons. The molecule has 4 nitrogen and oxygen atoms in total. The van der Waals surface area contributed by atoms with Gasteiger partial charge in [0.15, 0.2) is 6.10 Å². The molecule has 1 aromatic carbocycles. The lowest BCUT2D eigenvalue weighted by Gasteiger charge is -2.45. The van der Waals surface area contributed by atoms with Crippen LogP contribution in [0, 0.1) is 17.7 Å². The van der Waals surface area contributed by atoms with Crippen LogP contribution in [0.1, 0.15) is 39.0 Å². The summed E-state index contributed by atoms with van der Waals surface area (Å²) in [5, 5.41) is 3.18. The van der Waals surface area contributed by atoms with E-state index in [1.54, 1.807) is 6.92 Å². The molecule has 0 aliphatic heterocycles. The van der Waals surface area contributed by atoms with Crippen molar-refractivity contribution in [1.82, 2.24) is 5.32 Å². The molecule has 3 N–H and O–H groups in total. The SMILES string of the molecule is CC(Oc1ccc(F)cc1Br)C(=O)NC1C2CCCC1CC(N)C2.Cl. The second-order valence-corrected chi connectivity index (χ2v) is 7.91. The van der Waals surface area contributed by atoms with Gasteiger partial charge in [0, 0.05) is 12.1 Å². The van der Waals surface area contributed by atoms with Crippen LogP contribution in [0.4, 0.5) is 4.39 Å². The van der Waals surface area contributed by atoms with E-state index >= 15 is 0 Å². The van der Waals surface area contributed by atoms with Gasteiger partial charge in [-0.25, -0.2) is 4.39 Å².